The van der Waals surface area contributed by atoms with Crippen LogP contribution in [0.25, 0.3) is 0 Å². The summed E-state index contributed by atoms with van der Waals surface area (Å²) in [5, 5.41) is 28.3. The van der Waals surface area contributed by atoms with Gasteiger partial charge in [-0.15, -0.1) is 5.46 Å². The molecule has 102 valence electrons. The first-order chi connectivity index (χ1) is 7.82. The molecule has 0 aliphatic rings. The predicted octanol–water partition coefficient (Wildman–Crippen LogP) is 1.40. The lowest BCUT2D eigenvalue weighted by atomic mass is 9.67. The maximum atomic E-state index is 9.44. The molecule has 0 bridgehead atoms. The molecule has 0 aliphatic heterocycles. The fourth-order valence-corrected chi connectivity index (χ4v) is 1.74. The molecule has 0 aliphatic carbocycles. The van der Waals surface area contributed by atoms with Crippen LogP contribution < -0.4 is 5.46 Å². The third-order valence-corrected chi connectivity index (χ3v) is 3.13. The number of hydrogen-bond acceptors (Lipinski definition) is 3. The Morgan fingerprint density at radius 1 is 0.722 bits per heavy atom. The highest BCUT2D eigenvalue weighted by molar-refractivity contribution is 6.71. The van der Waals surface area contributed by atoms with Crippen LogP contribution >= 0.6 is 0 Å². The van der Waals surface area contributed by atoms with Gasteiger partial charge in [-0.25, -0.2) is 0 Å². The van der Waals surface area contributed by atoms with Gasteiger partial charge in [-0.05, 0) is 22.0 Å². The van der Waals surface area contributed by atoms with Crippen molar-refractivity contribution in [2.45, 2.75) is 52.4 Å². The Kier molecular flexibility index (Phi) is 3.70. The Bertz CT molecular complexity index is 355. The maximum absolute atomic E-state index is 9.44. The van der Waals surface area contributed by atoms with Gasteiger partial charge in [0.2, 0.25) is 0 Å². The van der Waals surface area contributed by atoms with Gasteiger partial charge < -0.3 is 15.1 Å². The quantitative estimate of drug-likeness (QED) is 0.661. The molecule has 0 saturated carbocycles. The molecular weight excluding hydrogens is 227 g/mol. The molecule has 18 heavy (non-hydrogen) atoms. The molecule has 1 aromatic carbocycles. The normalized spacial score (nSPS) is 13.8. The van der Waals surface area contributed by atoms with Gasteiger partial charge in [-0.2, -0.15) is 0 Å². The third-order valence-electron chi connectivity index (χ3n) is 3.13. The van der Waals surface area contributed by atoms with E-state index in [0.717, 1.165) is 11.1 Å². The first kappa shape index (κ1) is 15.2. The highest BCUT2D eigenvalue weighted by Gasteiger charge is 2.25. The Morgan fingerprint density at radius 2 is 1.06 bits per heavy atom. The molecule has 0 atom stereocenters. The molecule has 3 N–H and O–H groups in total. The third kappa shape index (κ3) is 3.58. The second kappa shape index (κ2) is 4.37. The molecule has 0 saturated heterocycles. The van der Waals surface area contributed by atoms with E-state index in [1.807, 2.05) is 0 Å². The average Bonchev–Trinajstić information content (AvgIpc) is 2.13. The summed E-state index contributed by atoms with van der Waals surface area (Å²) in [7, 11) is 0. The maximum Gasteiger partial charge on any atom is 0.402 e. The van der Waals surface area contributed by atoms with Crippen LogP contribution in [0.15, 0.2) is 18.2 Å². The minimum Gasteiger partial charge on any atom is -0.556 e. The lowest BCUT2D eigenvalue weighted by Crippen LogP contribution is -2.49. The standard InChI is InChI=1S/C14H24BO3/c1-13(2,3)10-7-11(14(4,5)6)9-12(8-10)15(16,17)18/h7-9,16-18H,1-6H3/q-1. The van der Waals surface area contributed by atoms with Crippen LogP contribution in [-0.2, 0) is 10.8 Å². The van der Waals surface area contributed by atoms with E-state index in [9.17, 15) is 15.1 Å². The molecule has 0 fully saturated rings. The van der Waals surface area contributed by atoms with Crippen LogP contribution in [0.2, 0.25) is 0 Å². The van der Waals surface area contributed by atoms with Crippen molar-refractivity contribution >= 4 is 12.2 Å². The van der Waals surface area contributed by atoms with E-state index in [4.69, 9.17) is 0 Å². The van der Waals surface area contributed by atoms with Crippen molar-refractivity contribution in [3.63, 3.8) is 0 Å². The molecule has 0 heterocycles. The van der Waals surface area contributed by atoms with Gasteiger partial charge in [0.15, 0.2) is 0 Å². The van der Waals surface area contributed by atoms with Crippen LogP contribution in [0.4, 0.5) is 0 Å². The van der Waals surface area contributed by atoms with Gasteiger partial charge in [0.1, 0.15) is 0 Å². The minimum atomic E-state index is -3.45. The molecule has 3 nitrogen and oxygen atoms in total. The Labute approximate surface area is 109 Å². The number of hydrogen-bond donors (Lipinski definition) is 3. The Morgan fingerprint density at radius 3 is 1.28 bits per heavy atom. The lowest BCUT2D eigenvalue weighted by molar-refractivity contribution is 0.249. The zero-order valence-corrected chi connectivity index (χ0v) is 12.2. The summed E-state index contributed by atoms with van der Waals surface area (Å²) in [4.78, 5) is 0. The SMILES string of the molecule is CC(C)(C)c1cc([B-](O)(O)O)cc(C(C)(C)C)c1. The lowest BCUT2D eigenvalue weighted by Gasteiger charge is -2.30. The van der Waals surface area contributed by atoms with Gasteiger partial charge in [0.25, 0.3) is 0 Å². The van der Waals surface area contributed by atoms with E-state index in [1.54, 1.807) is 12.1 Å². The van der Waals surface area contributed by atoms with Crippen molar-refractivity contribution in [2.75, 3.05) is 0 Å². The summed E-state index contributed by atoms with van der Waals surface area (Å²) in [5.74, 6) is 0. The molecule has 0 aromatic heterocycles. The van der Waals surface area contributed by atoms with Crippen LogP contribution in [-0.4, -0.2) is 21.8 Å². The number of benzene rings is 1. The average molecular weight is 251 g/mol. The van der Waals surface area contributed by atoms with Gasteiger partial charge in [0.05, 0.1) is 0 Å². The molecule has 4 heteroatoms. The van der Waals surface area contributed by atoms with Crippen molar-refractivity contribution in [3.05, 3.63) is 29.3 Å². The van der Waals surface area contributed by atoms with E-state index in [2.05, 4.69) is 47.6 Å². The second-order valence-corrected chi connectivity index (χ2v) is 7.08. The molecule has 0 spiro atoms. The molecule has 0 unspecified atom stereocenters. The zero-order chi connectivity index (χ0) is 14.4. The topological polar surface area (TPSA) is 60.7 Å². The summed E-state index contributed by atoms with van der Waals surface area (Å²) in [6, 6.07) is 5.38. The van der Waals surface area contributed by atoms with Crippen molar-refractivity contribution < 1.29 is 15.1 Å². The van der Waals surface area contributed by atoms with E-state index in [-0.39, 0.29) is 16.3 Å². The zero-order valence-electron chi connectivity index (χ0n) is 12.2. The summed E-state index contributed by atoms with van der Waals surface area (Å²) in [6.07, 6.45) is 0. The summed E-state index contributed by atoms with van der Waals surface area (Å²) in [6.45, 7) is 8.88. The van der Waals surface area contributed by atoms with E-state index in [0.29, 0.717) is 0 Å². The first-order valence-electron chi connectivity index (χ1n) is 6.30. The Balaban J connectivity index is 3.49. The van der Waals surface area contributed by atoms with Crippen molar-refractivity contribution in [2.24, 2.45) is 0 Å². The van der Waals surface area contributed by atoms with Crippen LogP contribution in [0.3, 0.4) is 0 Å². The van der Waals surface area contributed by atoms with Crippen molar-refractivity contribution in [3.8, 4) is 0 Å². The minimum absolute atomic E-state index is 0.114. The summed E-state index contributed by atoms with van der Waals surface area (Å²) in [5.41, 5.74) is 1.91. The van der Waals surface area contributed by atoms with Gasteiger partial charge in [-0.3, -0.25) is 0 Å². The Hall–Kier alpha value is -0.835. The highest BCUT2D eigenvalue weighted by Crippen LogP contribution is 2.28. The molecule has 1 rings (SSSR count). The molecule has 1 aromatic rings. The van der Waals surface area contributed by atoms with Crippen molar-refractivity contribution in [1.82, 2.24) is 0 Å². The number of rotatable bonds is 1. The largest absolute Gasteiger partial charge is 0.556 e. The highest BCUT2D eigenvalue weighted by atomic mass is 16.5. The second-order valence-electron chi connectivity index (χ2n) is 7.08. The smallest absolute Gasteiger partial charge is 0.402 e. The fraction of sp³-hybridized carbons (Fsp3) is 0.571. The summed E-state index contributed by atoms with van der Waals surface area (Å²) < 4.78 is 0. The van der Waals surface area contributed by atoms with Crippen LogP contribution in [0.5, 0.6) is 0 Å². The monoisotopic (exact) mass is 251 g/mol. The molecule has 0 radical (unpaired) electrons. The predicted molar refractivity (Wildman–Crippen MR) is 75.9 cm³/mol. The van der Waals surface area contributed by atoms with Crippen molar-refractivity contribution in [1.29, 1.82) is 0 Å². The van der Waals surface area contributed by atoms with Gasteiger partial charge in [-0.1, -0.05) is 59.7 Å². The first-order valence-corrected chi connectivity index (χ1v) is 6.30. The van der Waals surface area contributed by atoms with Crippen LogP contribution in [0, 0.1) is 0 Å². The van der Waals surface area contributed by atoms with E-state index >= 15 is 0 Å². The fourth-order valence-electron chi connectivity index (χ4n) is 1.74. The summed E-state index contributed by atoms with van der Waals surface area (Å²) >= 11 is 0. The van der Waals surface area contributed by atoms with E-state index < -0.39 is 6.75 Å². The molecular formula is C14H24BO3-. The van der Waals surface area contributed by atoms with Gasteiger partial charge >= 0.3 is 6.75 Å². The van der Waals surface area contributed by atoms with E-state index in [1.165, 1.54) is 0 Å². The molecule has 0 amide bonds. The van der Waals surface area contributed by atoms with Gasteiger partial charge in [0, 0.05) is 0 Å². The van der Waals surface area contributed by atoms with Crippen LogP contribution in [0.1, 0.15) is 52.7 Å².